The minimum absolute atomic E-state index is 0.00198. The highest BCUT2D eigenvalue weighted by Crippen LogP contribution is 2.41. The number of benzene rings is 2. The molecule has 2 fully saturated rings. The van der Waals surface area contributed by atoms with Crippen LogP contribution in [0.1, 0.15) is 53.0 Å². The van der Waals surface area contributed by atoms with Crippen LogP contribution in [-0.4, -0.2) is 59.3 Å². The molecule has 2 amide bonds. The Morgan fingerprint density at radius 3 is 2.58 bits per heavy atom. The SMILES string of the molecule is Cc1cc(C(=O)N2CCC(CN3CCCC3)CC2)c(C=C2C(=O)Nc3cccc(-c4cccc(F)c4)c32)[nH]1. The van der Waals surface area contributed by atoms with Gasteiger partial charge in [-0.15, -0.1) is 0 Å². The first-order valence-corrected chi connectivity index (χ1v) is 13.6. The molecule has 0 aliphatic carbocycles. The molecular formula is C31H33FN4O2. The number of nitrogens with zero attached hydrogens (tertiary/aromatic N) is 2. The van der Waals surface area contributed by atoms with Crippen molar-refractivity contribution in [3.8, 4) is 11.1 Å². The average Bonchev–Trinajstić information content (AvgIpc) is 3.63. The summed E-state index contributed by atoms with van der Waals surface area (Å²) in [6, 6.07) is 13.8. The number of aryl methyl sites for hydroxylation is 1. The van der Waals surface area contributed by atoms with Gasteiger partial charge in [-0.25, -0.2) is 4.39 Å². The number of piperidine rings is 1. The molecule has 38 heavy (non-hydrogen) atoms. The lowest BCUT2D eigenvalue weighted by molar-refractivity contribution is -0.110. The molecule has 0 radical (unpaired) electrons. The van der Waals surface area contributed by atoms with Crippen LogP contribution in [0.25, 0.3) is 22.8 Å². The Balaban J connectivity index is 1.27. The van der Waals surface area contributed by atoms with Crippen LogP contribution in [0.4, 0.5) is 10.1 Å². The lowest BCUT2D eigenvalue weighted by Crippen LogP contribution is -2.41. The van der Waals surface area contributed by atoms with Gasteiger partial charge in [-0.3, -0.25) is 9.59 Å². The third-order valence-corrected chi connectivity index (χ3v) is 8.08. The van der Waals surface area contributed by atoms with Gasteiger partial charge in [0.2, 0.25) is 0 Å². The van der Waals surface area contributed by atoms with Crippen LogP contribution in [0.2, 0.25) is 0 Å². The summed E-state index contributed by atoms with van der Waals surface area (Å²) in [4.78, 5) is 34.5. The van der Waals surface area contributed by atoms with Gasteiger partial charge >= 0.3 is 0 Å². The van der Waals surface area contributed by atoms with Gasteiger partial charge in [0.15, 0.2) is 0 Å². The molecule has 2 N–H and O–H groups in total. The second-order valence-corrected chi connectivity index (χ2v) is 10.8. The Labute approximate surface area is 222 Å². The number of nitrogens with one attached hydrogen (secondary N) is 2. The first-order chi connectivity index (χ1) is 18.5. The van der Waals surface area contributed by atoms with E-state index in [0.29, 0.717) is 34.0 Å². The number of rotatable bonds is 5. The molecular weight excluding hydrogens is 479 g/mol. The van der Waals surface area contributed by atoms with Gasteiger partial charge in [0.1, 0.15) is 5.82 Å². The van der Waals surface area contributed by atoms with Crippen molar-refractivity contribution >= 4 is 29.2 Å². The van der Waals surface area contributed by atoms with E-state index in [1.54, 1.807) is 12.1 Å². The van der Waals surface area contributed by atoms with Crippen molar-refractivity contribution in [2.24, 2.45) is 5.92 Å². The van der Waals surface area contributed by atoms with Crippen molar-refractivity contribution in [1.82, 2.24) is 14.8 Å². The molecule has 3 aromatic rings. The summed E-state index contributed by atoms with van der Waals surface area (Å²) in [6.45, 7) is 6.98. The highest BCUT2D eigenvalue weighted by atomic mass is 19.1. The van der Waals surface area contributed by atoms with Gasteiger partial charge in [-0.05, 0) is 93.1 Å². The maximum absolute atomic E-state index is 14.0. The molecule has 2 aromatic carbocycles. The fourth-order valence-corrected chi connectivity index (χ4v) is 6.15. The number of H-pyrrole nitrogens is 1. The largest absolute Gasteiger partial charge is 0.358 e. The molecule has 196 valence electrons. The molecule has 6 nitrogen and oxygen atoms in total. The normalized spacial score (nSPS) is 19.3. The molecule has 0 spiro atoms. The van der Waals surface area contributed by atoms with E-state index in [2.05, 4.69) is 15.2 Å². The van der Waals surface area contributed by atoms with Gasteiger partial charge in [0.05, 0.1) is 16.8 Å². The zero-order valence-corrected chi connectivity index (χ0v) is 21.7. The molecule has 3 aliphatic rings. The van der Waals surface area contributed by atoms with Crippen LogP contribution in [0, 0.1) is 18.7 Å². The summed E-state index contributed by atoms with van der Waals surface area (Å²) in [5.74, 6) is 0.0710. The minimum Gasteiger partial charge on any atom is -0.358 e. The van der Waals surface area contributed by atoms with E-state index >= 15 is 0 Å². The third-order valence-electron chi connectivity index (χ3n) is 8.08. The summed E-state index contributed by atoms with van der Waals surface area (Å²) < 4.78 is 14.0. The number of hydrogen-bond donors (Lipinski definition) is 2. The number of aromatic amines is 1. The number of carbonyl (C=O) groups is 2. The second kappa shape index (κ2) is 10.2. The van der Waals surface area contributed by atoms with E-state index < -0.39 is 0 Å². The van der Waals surface area contributed by atoms with Crippen molar-refractivity contribution < 1.29 is 14.0 Å². The Bertz CT molecular complexity index is 1410. The highest BCUT2D eigenvalue weighted by Gasteiger charge is 2.30. The molecule has 0 atom stereocenters. The van der Waals surface area contributed by atoms with Gasteiger partial charge < -0.3 is 20.1 Å². The average molecular weight is 513 g/mol. The number of halogens is 1. The second-order valence-electron chi connectivity index (χ2n) is 10.8. The smallest absolute Gasteiger partial charge is 0.256 e. The highest BCUT2D eigenvalue weighted by molar-refractivity contribution is 6.36. The van der Waals surface area contributed by atoms with E-state index in [4.69, 9.17) is 0 Å². The maximum Gasteiger partial charge on any atom is 0.256 e. The van der Waals surface area contributed by atoms with Gasteiger partial charge in [-0.2, -0.15) is 0 Å². The number of fused-ring (bicyclic) bond motifs is 1. The maximum atomic E-state index is 14.0. The molecule has 4 heterocycles. The molecule has 6 rings (SSSR count). The van der Waals surface area contributed by atoms with E-state index in [9.17, 15) is 14.0 Å². The standard InChI is InChI=1S/C31H33FN4O2/c1-20-16-25(31(38)36-14-10-21(11-15-36)19-35-12-2-3-13-35)28(33-20)18-26-29-24(22-6-4-7-23(32)17-22)8-5-9-27(29)34-30(26)37/h4-9,16-18,21,33H,2-3,10-15,19H2,1H3,(H,34,37). The first-order valence-electron chi connectivity index (χ1n) is 13.6. The predicted molar refractivity (Wildman–Crippen MR) is 148 cm³/mol. The summed E-state index contributed by atoms with van der Waals surface area (Å²) in [7, 11) is 0. The topological polar surface area (TPSA) is 68.4 Å². The van der Waals surface area contributed by atoms with Gasteiger partial charge in [0.25, 0.3) is 11.8 Å². The molecule has 7 heteroatoms. The number of aromatic nitrogens is 1. The van der Waals surface area contributed by atoms with Crippen molar-refractivity contribution in [2.45, 2.75) is 32.6 Å². The van der Waals surface area contributed by atoms with Crippen LogP contribution >= 0.6 is 0 Å². The Morgan fingerprint density at radius 1 is 1.05 bits per heavy atom. The van der Waals surface area contributed by atoms with Crippen LogP contribution in [0.15, 0.2) is 48.5 Å². The molecule has 0 unspecified atom stereocenters. The van der Waals surface area contributed by atoms with E-state index in [0.717, 1.165) is 49.3 Å². The Hall–Kier alpha value is -3.71. The summed E-state index contributed by atoms with van der Waals surface area (Å²) in [6.07, 6.45) is 6.41. The molecule has 0 bridgehead atoms. The number of hydrogen-bond acceptors (Lipinski definition) is 3. The fourth-order valence-electron chi connectivity index (χ4n) is 6.15. The first kappa shape index (κ1) is 24.6. The quantitative estimate of drug-likeness (QED) is 0.439. The van der Waals surface area contributed by atoms with Crippen molar-refractivity contribution in [2.75, 3.05) is 38.0 Å². The summed E-state index contributed by atoms with van der Waals surface area (Å²) in [5, 5.41) is 2.93. The van der Waals surface area contributed by atoms with Crippen molar-refractivity contribution in [3.05, 3.63) is 76.9 Å². The molecule has 3 aliphatic heterocycles. The van der Waals surface area contributed by atoms with Crippen LogP contribution in [-0.2, 0) is 4.79 Å². The lowest BCUT2D eigenvalue weighted by atomic mass is 9.94. The van der Waals surface area contributed by atoms with E-state index in [-0.39, 0.29) is 17.6 Å². The third kappa shape index (κ3) is 4.78. The number of anilines is 1. The Morgan fingerprint density at radius 2 is 1.82 bits per heavy atom. The molecule has 0 saturated carbocycles. The molecule has 1 aromatic heterocycles. The van der Waals surface area contributed by atoms with Gasteiger partial charge in [-0.1, -0.05) is 24.3 Å². The summed E-state index contributed by atoms with van der Waals surface area (Å²) in [5.41, 5.74) is 5.39. The zero-order valence-electron chi connectivity index (χ0n) is 21.7. The predicted octanol–water partition coefficient (Wildman–Crippen LogP) is 5.57. The summed E-state index contributed by atoms with van der Waals surface area (Å²) >= 11 is 0. The molecule has 2 saturated heterocycles. The van der Waals surface area contributed by atoms with Crippen molar-refractivity contribution in [1.29, 1.82) is 0 Å². The van der Waals surface area contributed by atoms with Crippen molar-refractivity contribution in [3.63, 3.8) is 0 Å². The van der Waals surface area contributed by atoms with Gasteiger partial charge in [0, 0.05) is 36.6 Å². The van der Waals surface area contributed by atoms with Crippen LogP contribution in [0.5, 0.6) is 0 Å². The fraction of sp³-hybridized carbons (Fsp3) is 0.355. The van der Waals surface area contributed by atoms with Crippen LogP contribution < -0.4 is 5.32 Å². The number of likely N-dealkylation sites (tertiary alicyclic amines) is 2. The van der Waals surface area contributed by atoms with E-state index in [1.165, 1.54) is 38.1 Å². The Kier molecular flexibility index (Phi) is 6.62. The van der Waals surface area contributed by atoms with Crippen LogP contribution in [0.3, 0.4) is 0 Å². The van der Waals surface area contributed by atoms with E-state index in [1.807, 2.05) is 42.2 Å². The number of carbonyl (C=O) groups excluding carboxylic acids is 2. The minimum atomic E-state index is -0.333. The lowest BCUT2D eigenvalue weighted by Gasteiger charge is -2.34. The zero-order chi connectivity index (χ0) is 26.2. The monoisotopic (exact) mass is 512 g/mol. The number of amides is 2.